The van der Waals surface area contributed by atoms with E-state index in [4.69, 9.17) is 5.73 Å². The van der Waals surface area contributed by atoms with Gasteiger partial charge in [0.25, 0.3) is 0 Å². The Balaban J connectivity index is 2.07. The molecule has 1 aromatic rings. The number of rotatable bonds is 3. The Morgan fingerprint density at radius 1 is 1.50 bits per heavy atom. The van der Waals surface area contributed by atoms with Crippen LogP contribution in [-0.2, 0) is 4.79 Å². The monoisotopic (exact) mass is 330 g/mol. The van der Waals surface area contributed by atoms with Gasteiger partial charge in [-0.25, -0.2) is 0 Å². The second-order valence-electron chi connectivity index (χ2n) is 4.30. The zero-order valence-electron chi connectivity index (χ0n) is 9.00. The zero-order chi connectivity index (χ0) is 11.6. The zero-order valence-corrected chi connectivity index (χ0v) is 11.2. The normalized spacial score (nSPS) is 17.6. The Kier molecular flexibility index (Phi) is 3.49. The molecule has 16 heavy (non-hydrogen) atoms. The molecule has 1 aliphatic carbocycles. The van der Waals surface area contributed by atoms with E-state index in [1.165, 1.54) is 0 Å². The number of halogens is 1. The Morgan fingerprint density at radius 3 is 2.75 bits per heavy atom. The predicted molar refractivity (Wildman–Crippen MR) is 73.1 cm³/mol. The van der Waals surface area contributed by atoms with Crippen molar-refractivity contribution >= 4 is 34.2 Å². The Labute approximate surface area is 109 Å². The molecule has 1 fully saturated rings. The first-order chi connectivity index (χ1) is 7.66. The lowest BCUT2D eigenvalue weighted by atomic mass is 9.68. The molecule has 0 heterocycles. The van der Waals surface area contributed by atoms with Gasteiger partial charge in [-0.2, -0.15) is 0 Å². The molecule has 1 amide bonds. The van der Waals surface area contributed by atoms with Crippen molar-refractivity contribution in [3.8, 4) is 0 Å². The van der Waals surface area contributed by atoms with E-state index in [0.29, 0.717) is 6.54 Å². The summed E-state index contributed by atoms with van der Waals surface area (Å²) in [6.07, 6.45) is 2.94. The number of hydrogen-bond acceptors (Lipinski definition) is 2. The van der Waals surface area contributed by atoms with Gasteiger partial charge in [-0.3, -0.25) is 4.79 Å². The van der Waals surface area contributed by atoms with Crippen molar-refractivity contribution in [1.82, 2.24) is 0 Å². The fourth-order valence-corrected chi connectivity index (χ4v) is 2.50. The lowest BCUT2D eigenvalue weighted by molar-refractivity contribution is -0.129. The molecule has 0 radical (unpaired) electrons. The van der Waals surface area contributed by atoms with E-state index in [2.05, 4.69) is 27.9 Å². The number of benzene rings is 1. The highest BCUT2D eigenvalue weighted by atomic mass is 127. The molecule has 4 heteroatoms. The van der Waals surface area contributed by atoms with Crippen LogP contribution in [0.4, 0.5) is 5.69 Å². The molecule has 0 spiro atoms. The number of carbonyl (C=O) groups excluding carboxylic acids is 1. The van der Waals surface area contributed by atoms with Crippen LogP contribution in [0, 0.1) is 8.99 Å². The summed E-state index contributed by atoms with van der Waals surface area (Å²) in [5.41, 5.74) is 6.24. The average molecular weight is 330 g/mol. The fraction of sp³-hybridized carbons (Fsp3) is 0.417. The molecule has 0 saturated heterocycles. The van der Waals surface area contributed by atoms with Crippen LogP contribution in [-0.4, -0.2) is 12.5 Å². The molecule has 0 atom stereocenters. The van der Waals surface area contributed by atoms with E-state index < -0.39 is 0 Å². The topological polar surface area (TPSA) is 55.1 Å². The van der Waals surface area contributed by atoms with Crippen LogP contribution in [0.2, 0.25) is 0 Å². The van der Waals surface area contributed by atoms with E-state index in [1.807, 2.05) is 24.3 Å². The average Bonchev–Trinajstić information content (AvgIpc) is 2.16. The Bertz CT molecular complexity index is 396. The largest absolute Gasteiger partial charge is 0.329 e. The van der Waals surface area contributed by atoms with Crippen LogP contribution in [0.25, 0.3) is 0 Å². The second kappa shape index (κ2) is 4.71. The number of nitrogens with two attached hydrogens (primary N) is 1. The molecule has 3 nitrogen and oxygen atoms in total. The summed E-state index contributed by atoms with van der Waals surface area (Å²) in [5, 5.41) is 2.95. The van der Waals surface area contributed by atoms with E-state index in [-0.39, 0.29) is 11.3 Å². The number of nitrogens with one attached hydrogen (secondary N) is 1. The van der Waals surface area contributed by atoms with Crippen molar-refractivity contribution in [3.63, 3.8) is 0 Å². The maximum atomic E-state index is 12.1. The molecule has 1 saturated carbocycles. The standard InChI is InChI=1S/C12H15IN2O/c13-9-3-1-4-10(7-9)15-11(16)12(8-14)5-2-6-12/h1,3-4,7H,2,5-6,8,14H2,(H,15,16). The first kappa shape index (κ1) is 11.9. The molecule has 1 aromatic carbocycles. The molecule has 0 unspecified atom stereocenters. The van der Waals surface area contributed by atoms with Crippen LogP contribution in [0.5, 0.6) is 0 Å². The van der Waals surface area contributed by atoms with E-state index in [9.17, 15) is 4.79 Å². The summed E-state index contributed by atoms with van der Waals surface area (Å²) in [5.74, 6) is 0.0725. The molecule has 0 bridgehead atoms. The first-order valence-electron chi connectivity index (χ1n) is 5.43. The molecule has 2 rings (SSSR count). The number of anilines is 1. The van der Waals surface area contributed by atoms with E-state index in [0.717, 1.165) is 28.5 Å². The molecule has 0 aliphatic heterocycles. The highest BCUT2D eigenvalue weighted by Gasteiger charge is 2.42. The fourth-order valence-electron chi connectivity index (χ4n) is 1.96. The number of hydrogen-bond donors (Lipinski definition) is 2. The number of carbonyl (C=O) groups is 1. The predicted octanol–water partition coefficient (Wildman–Crippen LogP) is 2.36. The smallest absolute Gasteiger partial charge is 0.231 e. The minimum absolute atomic E-state index is 0.0725. The summed E-state index contributed by atoms with van der Waals surface area (Å²) in [4.78, 5) is 12.1. The van der Waals surface area contributed by atoms with Crippen LogP contribution in [0.1, 0.15) is 19.3 Å². The molecular formula is C12H15IN2O. The molecule has 0 aromatic heterocycles. The van der Waals surface area contributed by atoms with Crippen molar-refractivity contribution in [2.45, 2.75) is 19.3 Å². The number of amides is 1. The van der Waals surface area contributed by atoms with Crippen LogP contribution in [0.3, 0.4) is 0 Å². The van der Waals surface area contributed by atoms with Crippen molar-refractivity contribution in [2.24, 2.45) is 11.1 Å². The lowest BCUT2D eigenvalue weighted by Gasteiger charge is -2.39. The molecule has 86 valence electrons. The van der Waals surface area contributed by atoms with Gasteiger partial charge < -0.3 is 11.1 Å². The third kappa shape index (κ3) is 2.22. The van der Waals surface area contributed by atoms with Crippen molar-refractivity contribution in [1.29, 1.82) is 0 Å². The highest BCUT2D eigenvalue weighted by molar-refractivity contribution is 14.1. The van der Waals surface area contributed by atoms with Crippen molar-refractivity contribution < 1.29 is 4.79 Å². The summed E-state index contributed by atoms with van der Waals surface area (Å²) in [7, 11) is 0. The second-order valence-corrected chi connectivity index (χ2v) is 5.55. The third-order valence-electron chi connectivity index (χ3n) is 3.27. The molecular weight excluding hydrogens is 315 g/mol. The first-order valence-corrected chi connectivity index (χ1v) is 6.51. The Morgan fingerprint density at radius 2 is 2.25 bits per heavy atom. The van der Waals surface area contributed by atoms with E-state index >= 15 is 0 Å². The third-order valence-corrected chi connectivity index (χ3v) is 3.94. The molecule has 1 aliphatic rings. The van der Waals surface area contributed by atoms with Gasteiger partial charge in [0.1, 0.15) is 0 Å². The van der Waals surface area contributed by atoms with Crippen molar-refractivity contribution in [3.05, 3.63) is 27.8 Å². The van der Waals surface area contributed by atoms with Gasteiger partial charge >= 0.3 is 0 Å². The maximum Gasteiger partial charge on any atom is 0.231 e. The SMILES string of the molecule is NCC1(C(=O)Nc2cccc(I)c2)CCC1. The Hall–Kier alpha value is -0.620. The van der Waals surface area contributed by atoms with E-state index in [1.54, 1.807) is 0 Å². The van der Waals surface area contributed by atoms with Gasteiger partial charge in [0.15, 0.2) is 0 Å². The van der Waals surface area contributed by atoms with Gasteiger partial charge in [-0.15, -0.1) is 0 Å². The molecule has 3 N–H and O–H groups in total. The van der Waals surface area contributed by atoms with Crippen LogP contribution < -0.4 is 11.1 Å². The van der Waals surface area contributed by atoms with Gasteiger partial charge in [0.2, 0.25) is 5.91 Å². The maximum absolute atomic E-state index is 12.1. The van der Waals surface area contributed by atoms with Gasteiger partial charge in [0, 0.05) is 15.8 Å². The summed E-state index contributed by atoms with van der Waals surface area (Å²) < 4.78 is 1.12. The summed E-state index contributed by atoms with van der Waals surface area (Å²) in [6, 6.07) is 7.80. The highest BCUT2D eigenvalue weighted by Crippen LogP contribution is 2.40. The summed E-state index contributed by atoms with van der Waals surface area (Å²) in [6.45, 7) is 0.447. The minimum atomic E-state index is -0.304. The van der Waals surface area contributed by atoms with Crippen LogP contribution in [0.15, 0.2) is 24.3 Å². The van der Waals surface area contributed by atoms with Gasteiger partial charge in [0.05, 0.1) is 5.41 Å². The van der Waals surface area contributed by atoms with Crippen molar-refractivity contribution in [2.75, 3.05) is 11.9 Å². The van der Waals surface area contributed by atoms with Crippen LogP contribution >= 0.6 is 22.6 Å². The summed E-state index contributed by atoms with van der Waals surface area (Å²) >= 11 is 2.23. The quantitative estimate of drug-likeness (QED) is 0.836. The lowest BCUT2D eigenvalue weighted by Crippen LogP contribution is -2.47. The van der Waals surface area contributed by atoms with Gasteiger partial charge in [-0.1, -0.05) is 12.5 Å². The minimum Gasteiger partial charge on any atom is -0.329 e. The van der Waals surface area contributed by atoms with Gasteiger partial charge in [-0.05, 0) is 53.6 Å².